The molecule has 2 aliphatic rings. The number of benzene rings is 1. The molecule has 134 valence electrons. The molecular formula is C19H25N3O3. The molecule has 1 atom stereocenters. The summed E-state index contributed by atoms with van der Waals surface area (Å²) in [6.45, 7) is 2.46. The summed E-state index contributed by atoms with van der Waals surface area (Å²) in [4.78, 5) is 39.1. The van der Waals surface area contributed by atoms with E-state index in [1.54, 1.807) is 18.2 Å². The lowest BCUT2D eigenvalue weighted by atomic mass is 9.94. The highest BCUT2D eigenvalue weighted by Crippen LogP contribution is 2.31. The lowest BCUT2D eigenvalue weighted by molar-refractivity contribution is 0.0549. The maximum atomic E-state index is 12.8. The normalized spacial score (nSPS) is 19.0. The maximum Gasteiger partial charge on any atom is 0.261 e. The van der Waals surface area contributed by atoms with Crippen LogP contribution in [0.15, 0.2) is 18.2 Å². The molecule has 1 fully saturated rings. The van der Waals surface area contributed by atoms with Crippen LogP contribution in [-0.2, 0) is 0 Å². The lowest BCUT2D eigenvalue weighted by Crippen LogP contribution is -2.40. The van der Waals surface area contributed by atoms with Crippen LogP contribution in [0.1, 0.15) is 70.1 Å². The van der Waals surface area contributed by atoms with Crippen molar-refractivity contribution in [1.82, 2.24) is 15.5 Å². The highest BCUT2D eigenvalue weighted by molar-refractivity contribution is 6.22. The summed E-state index contributed by atoms with van der Waals surface area (Å²) in [5.74, 6) is -0.714. The third-order valence-corrected chi connectivity index (χ3v) is 5.18. The van der Waals surface area contributed by atoms with Gasteiger partial charge in [-0.3, -0.25) is 19.3 Å². The van der Waals surface area contributed by atoms with Crippen molar-refractivity contribution in [1.29, 1.82) is 0 Å². The van der Waals surface area contributed by atoms with Crippen molar-refractivity contribution in [2.45, 2.75) is 51.1 Å². The second-order valence-corrected chi connectivity index (χ2v) is 6.93. The predicted octanol–water partition coefficient (Wildman–Crippen LogP) is 1.95. The Morgan fingerprint density at radius 2 is 1.84 bits per heavy atom. The molecule has 3 amide bonds. The van der Waals surface area contributed by atoms with Crippen LogP contribution >= 0.6 is 0 Å². The van der Waals surface area contributed by atoms with Crippen molar-refractivity contribution in [3.8, 4) is 0 Å². The van der Waals surface area contributed by atoms with Gasteiger partial charge in [0, 0.05) is 24.2 Å². The van der Waals surface area contributed by atoms with Gasteiger partial charge in [-0.25, -0.2) is 0 Å². The Morgan fingerprint density at radius 3 is 2.52 bits per heavy atom. The summed E-state index contributed by atoms with van der Waals surface area (Å²) in [5, 5.41) is 5.88. The zero-order valence-electron chi connectivity index (χ0n) is 14.8. The number of carbonyl (C=O) groups excluding carboxylic acids is 3. The van der Waals surface area contributed by atoms with E-state index in [-0.39, 0.29) is 29.8 Å². The molecule has 0 saturated heterocycles. The summed E-state index contributed by atoms with van der Waals surface area (Å²) in [5.41, 5.74) is 1.18. The van der Waals surface area contributed by atoms with E-state index in [0.29, 0.717) is 23.2 Å². The molecule has 1 aliphatic carbocycles. The third-order valence-electron chi connectivity index (χ3n) is 5.18. The average molecular weight is 343 g/mol. The Kier molecular flexibility index (Phi) is 5.18. The summed E-state index contributed by atoms with van der Waals surface area (Å²) in [6.07, 6.45) is 5.02. The molecule has 6 heteroatoms. The number of likely N-dealkylation sites (N-methyl/N-ethyl adjacent to an activating group) is 1. The van der Waals surface area contributed by atoms with Crippen LogP contribution in [0.25, 0.3) is 0 Å². The standard InChI is InChI=1S/C19H25N3O3/c1-12(20-2)11-21-17(23)13-8-9-15-16(10-13)19(25)22(18(15)24)14-6-4-3-5-7-14/h8-10,12,14,20H,3-7,11H2,1-2H3,(H,21,23). The molecule has 1 heterocycles. The second kappa shape index (κ2) is 7.35. The molecule has 3 rings (SSSR count). The molecule has 1 unspecified atom stereocenters. The van der Waals surface area contributed by atoms with Gasteiger partial charge in [0.15, 0.2) is 0 Å². The van der Waals surface area contributed by atoms with E-state index in [2.05, 4.69) is 10.6 Å². The van der Waals surface area contributed by atoms with Crippen LogP contribution in [0.4, 0.5) is 0 Å². The maximum absolute atomic E-state index is 12.8. The van der Waals surface area contributed by atoms with Crippen LogP contribution in [0, 0.1) is 0 Å². The Labute approximate surface area is 148 Å². The van der Waals surface area contributed by atoms with Crippen molar-refractivity contribution >= 4 is 17.7 Å². The fourth-order valence-corrected chi connectivity index (χ4v) is 3.52. The van der Waals surface area contributed by atoms with E-state index in [1.807, 2.05) is 14.0 Å². The molecule has 1 aromatic carbocycles. The minimum absolute atomic E-state index is 0.00472. The molecule has 0 aromatic heterocycles. The zero-order valence-corrected chi connectivity index (χ0v) is 14.8. The van der Waals surface area contributed by atoms with E-state index in [1.165, 1.54) is 4.90 Å². The zero-order chi connectivity index (χ0) is 18.0. The molecule has 6 nitrogen and oxygen atoms in total. The van der Waals surface area contributed by atoms with E-state index in [9.17, 15) is 14.4 Å². The van der Waals surface area contributed by atoms with E-state index >= 15 is 0 Å². The van der Waals surface area contributed by atoms with Crippen LogP contribution in [0.2, 0.25) is 0 Å². The number of fused-ring (bicyclic) bond motifs is 1. The van der Waals surface area contributed by atoms with Gasteiger partial charge in [0.2, 0.25) is 0 Å². The third kappa shape index (κ3) is 3.44. The van der Waals surface area contributed by atoms with E-state index < -0.39 is 0 Å². The lowest BCUT2D eigenvalue weighted by Gasteiger charge is -2.29. The molecular weight excluding hydrogens is 318 g/mol. The van der Waals surface area contributed by atoms with Crippen LogP contribution in [0.5, 0.6) is 0 Å². The highest BCUT2D eigenvalue weighted by atomic mass is 16.2. The quantitative estimate of drug-likeness (QED) is 0.801. The van der Waals surface area contributed by atoms with Gasteiger partial charge in [-0.05, 0) is 45.0 Å². The average Bonchev–Trinajstić information content (AvgIpc) is 2.90. The Balaban J connectivity index is 1.78. The monoisotopic (exact) mass is 343 g/mol. The number of hydrogen-bond acceptors (Lipinski definition) is 4. The van der Waals surface area contributed by atoms with Crippen LogP contribution < -0.4 is 10.6 Å². The van der Waals surface area contributed by atoms with Gasteiger partial charge in [0.25, 0.3) is 17.7 Å². The first-order valence-corrected chi connectivity index (χ1v) is 9.00. The number of nitrogens with zero attached hydrogens (tertiary/aromatic N) is 1. The predicted molar refractivity (Wildman–Crippen MR) is 94.7 cm³/mol. The van der Waals surface area contributed by atoms with Crippen LogP contribution in [0.3, 0.4) is 0 Å². The van der Waals surface area contributed by atoms with Gasteiger partial charge in [0.1, 0.15) is 0 Å². The minimum Gasteiger partial charge on any atom is -0.350 e. The Morgan fingerprint density at radius 1 is 1.16 bits per heavy atom. The first-order valence-electron chi connectivity index (χ1n) is 9.00. The largest absolute Gasteiger partial charge is 0.350 e. The summed E-state index contributed by atoms with van der Waals surface area (Å²) >= 11 is 0. The van der Waals surface area contributed by atoms with Crippen molar-refractivity contribution in [2.75, 3.05) is 13.6 Å². The fourth-order valence-electron chi connectivity index (χ4n) is 3.52. The first kappa shape index (κ1) is 17.6. The van der Waals surface area contributed by atoms with Gasteiger partial charge in [-0.1, -0.05) is 19.3 Å². The van der Waals surface area contributed by atoms with Crippen molar-refractivity contribution in [3.05, 3.63) is 34.9 Å². The highest BCUT2D eigenvalue weighted by Gasteiger charge is 2.40. The molecule has 1 saturated carbocycles. The molecule has 0 bridgehead atoms. The van der Waals surface area contributed by atoms with Gasteiger partial charge < -0.3 is 10.6 Å². The summed E-state index contributed by atoms with van der Waals surface area (Å²) < 4.78 is 0. The Bertz CT molecular complexity index is 695. The second-order valence-electron chi connectivity index (χ2n) is 6.93. The summed E-state index contributed by atoms with van der Waals surface area (Å²) in [6, 6.07) is 4.93. The first-order chi connectivity index (χ1) is 12.0. The molecule has 1 aliphatic heterocycles. The number of amides is 3. The van der Waals surface area contributed by atoms with Crippen LogP contribution in [-0.4, -0.2) is 48.3 Å². The molecule has 25 heavy (non-hydrogen) atoms. The molecule has 2 N–H and O–H groups in total. The Hall–Kier alpha value is -2.21. The number of hydrogen-bond donors (Lipinski definition) is 2. The van der Waals surface area contributed by atoms with Gasteiger partial charge in [0.05, 0.1) is 11.1 Å². The molecule has 1 aromatic rings. The van der Waals surface area contributed by atoms with Crippen molar-refractivity contribution in [3.63, 3.8) is 0 Å². The van der Waals surface area contributed by atoms with Crippen molar-refractivity contribution < 1.29 is 14.4 Å². The van der Waals surface area contributed by atoms with E-state index in [4.69, 9.17) is 0 Å². The summed E-state index contributed by atoms with van der Waals surface area (Å²) in [7, 11) is 1.83. The van der Waals surface area contributed by atoms with E-state index in [0.717, 1.165) is 32.1 Å². The number of rotatable bonds is 5. The van der Waals surface area contributed by atoms with Gasteiger partial charge in [-0.2, -0.15) is 0 Å². The fraction of sp³-hybridized carbons (Fsp3) is 0.526. The SMILES string of the molecule is CNC(C)CNC(=O)c1ccc2c(c1)C(=O)N(C1CCCCC1)C2=O. The minimum atomic E-state index is -0.259. The molecule has 0 radical (unpaired) electrons. The number of imide groups is 1. The van der Waals surface area contributed by atoms with Gasteiger partial charge >= 0.3 is 0 Å². The molecule has 0 spiro atoms. The number of nitrogens with one attached hydrogen (secondary N) is 2. The number of carbonyl (C=O) groups is 3. The van der Waals surface area contributed by atoms with Gasteiger partial charge in [-0.15, -0.1) is 0 Å². The van der Waals surface area contributed by atoms with Crippen molar-refractivity contribution in [2.24, 2.45) is 0 Å². The topological polar surface area (TPSA) is 78.5 Å². The smallest absolute Gasteiger partial charge is 0.261 e.